The molecule has 1 heterocycles. The van der Waals surface area contributed by atoms with Gasteiger partial charge < -0.3 is 19.8 Å². The van der Waals surface area contributed by atoms with Crippen molar-refractivity contribution in [1.82, 2.24) is 4.90 Å². The van der Waals surface area contributed by atoms with Crippen molar-refractivity contribution in [2.75, 3.05) is 26.2 Å². The zero-order chi connectivity index (χ0) is 14.4. The molecule has 0 spiro atoms. The van der Waals surface area contributed by atoms with Gasteiger partial charge in [-0.3, -0.25) is 0 Å². The largest absolute Gasteiger partial charge is 0.393 e. The molecule has 1 unspecified atom stereocenters. The van der Waals surface area contributed by atoms with Gasteiger partial charge >= 0.3 is 0 Å². The number of hydrogen-bond donors (Lipinski definition) is 2. The molecule has 0 aliphatic carbocycles. The Bertz CT molecular complexity index is 408. The van der Waals surface area contributed by atoms with Gasteiger partial charge in [0.25, 0.3) is 0 Å². The summed E-state index contributed by atoms with van der Waals surface area (Å²) in [6.07, 6.45) is 0.712. The van der Waals surface area contributed by atoms with Gasteiger partial charge in [0.2, 0.25) is 0 Å². The quantitative estimate of drug-likeness (QED) is 0.822. The molecule has 0 saturated carbocycles. The SMILES string of the molecule is OC1CCN(CC(O)COCc2ccccc2F)CC1. The number of benzene rings is 1. The van der Waals surface area contributed by atoms with Gasteiger partial charge in [0.05, 0.1) is 25.4 Å². The molecule has 4 nitrogen and oxygen atoms in total. The lowest BCUT2D eigenvalue weighted by atomic mass is 10.1. The fourth-order valence-corrected chi connectivity index (χ4v) is 2.37. The van der Waals surface area contributed by atoms with E-state index in [1.165, 1.54) is 6.07 Å². The maximum Gasteiger partial charge on any atom is 0.128 e. The zero-order valence-electron chi connectivity index (χ0n) is 11.5. The van der Waals surface area contributed by atoms with Crippen LogP contribution in [0, 0.1) is 5.82 Å². The van der Waals surface area contributed by atoms with E-state index in [2.05, 4.69) is 4.90 Å². The van der Waals surface area contributed by atoms with Crippen molar-refractivity contribution in [2.45, 2.75) is 31.7 Å². The Morgan fingerprint density at radius 3 is 2.70 bits per heavy atom. The van der Waals surface area contributed by atoms with Crippen LogP contribution >= 0.6 is 0 Å². The Balaban J connectivity index is 1.65. The Labute approximate surface area is 118 Å². The molecule has 2 rings (SSSR count). The van der Waals surface area contributed by atoms with E-state index in [1.54, 1.807) is 18.2 Å². The molecule has 0 bridgehead atoms. The molecule has 1 atom stereocenters. The van der Waals surface area contributed by atoms with E-state index in [0.29, 0.717) is 12.1 Å². The van der Waals surface area contributed by atoms with Crippen LogP contribution in [0.2, 0.25) is 0 Å². The lowest BCUT2D eigenvalue weighted by molar-refractivity contribution is -0.00299. The van der Waals surface area contributed by atoms with E-state index in [9.17, 15) is 14.6 Å². The standard InChI is InChI=1S/C15H22FNO3/c16-15-4-2-1-3-12(15)10-20-11-14(19)9-17-7-5-13(18)6-8-17/h1-4,13-14,18-19H,5-11H2. The molecule has 1 saturated heterocycles. The van der Waals surface area contributed by atoms with Crippen molar-refractivity contribution in [3.63, 3.8) is 0 Å². The highest BCUT2D eigenvalue weighted by Crippen LogP contribution is 2.11. The van der Waals surface area contributed by atoms with Crippen LogP contribution in [0.3, 0.4) is 0 Å². The number of nitrogens with zero attached hydrogens (tertiary/aromatic N) is 1. The first-order valence-electron chi connectivity index (χ1n) is 7.05. The topological polar surface area (TPSA) is 52.9 Å². The van der Waals surface area contributed by atoms with Crippen molar-refractivity contribution in [3.8, 4) is 0 Å². The van der Waals surface area contributed by atoms with Gasteiger partial charge in [-0.25, -0.2) is 4.39 Å². The zero-order valence-corrected chi connectivity index (χ0v) is 11.5. The maximum absolute atomic E-state index is 13.3. The highest BCUT2D eigenvalue weighted by Gasteiger charge is 2.19. The predicted octanol–water partition coefficient (Wildman–Crippen LogP) is 1.16. The van der Waals surface area contributed by atoms with Crippen LogP contribution in [0.5, 0.6) is 0 Å². The van der Waals surface area contributed by atoms with Crippen LogP contribution in [-0.2, 0) is 11.3 Å². The second kappa shape index (κ2) is 7.69. The van der Waals surface area contributed by atoms with E-state index in [1.807, 2.05) is 0 Å². The Morgan fingerprint density at radius 1 is 1.30 bits per heavy atom. The van der Waals surface area contributed by atoms with Gasteiger partial charge in [-0.05, 0) is 18.9 Å². The van der Waals surface area contributed by atoms with Gasteiger partial charge in [-0.15, -0.1) is 0 Å². The van der Waals surface area contributed by atoms with Gasteiger partial charge in [0.15, 0.2) is 0 Å². The summed E-state index contributed by atoms with van der Waals surface area (Å²) >= 11 is 0. The minimum atomic E-state index is -0.586. The first-order chi connectivity index (χ1) is 9.65. The van der Waals surface area contributed by atoms with Gasteiger partial charge in [0, 0.05) is 25.2 Å². The number of halogens is 1. The molecular weight excluding hydrogens is 261 g/mol. The third kappa shape index (κ3) is 4.83. The molecule has 5 heteroatoms. The number of rotatable bonds is 6. The van der Waals surface area contributed by atoms with Crippen molar-refractivity contribution in [3.05, 3.63) is 35.6 Å². The number of piperidine rings is 1. The van der Waals surface area contributed by atoms with Crippen LogP contribution in [0.15, 0.2) is 24.3 Å². The Kier molecular flexibility index (Phi) is 5.91. The highest BCUT2D eigenvalue weighted by atomic mass is 19.1. The summed E-state index contributed by atoms with van der Waals surface area (Å²) in [5, 5.41) is 19.3. The number of likely N-dealkylation sites (tertiary alicyclic amines) is 1. The molecule has 2 N–H and O–H groups in total. The fraction of sp³-hybridized carbons (Fsp3) is 0.600. The summed E-state index contributed by atoms with van der Waals surface area (Å²) in [7, 11) is 0. The molecule has 0 amide bonds. The number of aliphatic hydroxyl groups excluding tert-OH is 2. The normalized spacial score (nSPS) is 19.1. The summed E-state index contributed by atoms with van der Waals surface area (Å²) in [6.45, 7) is 2.48. The Hall–Kier alpha value is -1.01. The van der Waals surface area contributed by atoms with Gasteiger partial charge in [-0.1, -0.05) is 18.2 Å². The number of ether oxygens (including phenoxy) is 1. The van der Waals surface area contributed by atoms with E-state index in [0.717, 1.165) is 25.9 Å². The van der Waals surface area contributed by atoms with Crippen molar-refractivity contribution in [1.29, 1.82) is 0 Å². The van der Waals surface area contributed by atoms with Crippen LogP contribution in [0.1, 0.15) is 18.4 Å². The average molecular weight is 283 g/mol. The van der Waals surface area contributed by atoms with Crippen LogP contribution in [0.25, 0.3) is 0 Å². The van der Waals surface area contributed by atoms with Crippen molar-refractivity contribution < 1.29 is 19.3 Å². The van der Waals surface area contributed by atoms with Crippen molar-refractivity contribution in [2.24, 2.45) is 0 Å². The Morgan fingerprint density at radius 2 is 2.00 bits per heavy atom. The molecule has 1 fully saturated rings. The van der Waals surface area contributed by atoms with Crippen LogP contribution in [-0.4, -0.2) is 53.6 Å². The lowest BCUT2D eigenvalue weighted by Crippen LogP contribution is -2.41. The van der Waals surface area contributed by atoms with Gasteiger partial charge in [0.1, 0.15) is 5.82 Å². The number of hydrogen-bond acceptors (Lipinski definition) is 4. The van der Waals surface area contributed by atoms with E-state index >= 15 is 0 Å². The molecule has 1 aliphatic heterocycles. The van der Waals surface area contributed by atoms with E-state index < -0.39 is 6.10 Å². The monoisotopic (exact) mass is 283 g/mol. The number of β-amino-alcohol motifs (C(OH)–C–C–N with tert-alkyl or cyclic N) is 1. The summed E-state index contributed by atoms with van der Waals surface area (Å²) in [4.78, 5) is 2.11. The lowest BCUT2D eigenvalue weighted by Gasteiger charge is -2.30. The van der Waals surface area contributed by atoms with Crippen LogP contribution < -0.4 is 0 Å². The van der Waals surface area contributed by atoms with Gasteiger partial charge in [-0.2, -0.15) is 0 Å². The molecule has 20 heavy (non-hydrogen) atoms. The highest BCUT2D eigenvalue weighted by molar-refractivity contribution is 5.16. The molecule has 0 aromatic heterocycles. The van der Waals surface area contributed by atoms with Crippen molar-refractivity contribution >= 4 is 0 Å². The summed E-state index contributed by atoms with van der Waals surface area (Å²) in [5.74, 6) is -0.285. The minimum Gasteiger partial charge on any atom is -0.393 e. The summed E-state index contributed by atoms with van der Waals surface area (Å²) < 4.78 is 18.7. The molecular formula is C15H22FNO3. The second-order valence-electron chi connectivity index (χ2n) is 5.29. The first-order valence-corrected chi connectivity index (χ1v) is 7.05. The fourth-order valence-electron chi connectivity index (χ4n) is 2.37. The van der Waals surface area contributed by atoms with E-state index in [4.69, 9.17) is 4.74 Å². The van der Waals surface area contributed by atoms with Crippen LogP contribution in [0.4, 0.5) is 4.39 Å². The first kappa shape index (κ1) is 15.4. The second-order valence-corrected chi connectivity index (χ2v) is 5.29. The molecule has 112 valence electrons. The maximum atomic E-state index is 13.3. The third-order valence-corrected chi connectivity index (χ3v) is 3.55. The smallest absolute Gasteiger partial charge is 0.128 e. The summed E-state index contributed by atoms with van der Waals surface area (Å²) in [6, 6.07) is 6.47. The van der Waals surface area contributed by atoms with E-state index in [-0.39, 0.29) is 25.1 Å². The minimum absolute atomic E-state index is 0.169. The molecule has 1 aromatic rings. The third-order valence-electron chi connectivity index (χ3n) is 3.55. The summed E-state index contributed by atoms with van der Waals surface area (Å²) in [5.41, 5.74) is 0.501. The molecule has 1 aromatic carbocycles. The number of aliphatic hydroxyl groups is 2. The average Bonchev–Trinajstić information content (AvgIpc) is 2.43. The molecule has 1 aliphatic rings. The molecule has 0 radical (unpaired) electrons. The predicted molar refractivity (Wildman–Crippen MR) is 73.7 cm³/mol.